The molecule has 8 nitrogen and oxygen atoms in total. The Balaban J connectivity index is 1.59. The second-order valence-electron chi connectivity index (χ2n) is 7.90. The Bertz CT molecular complexity index is 1720. The Morgan fingerprint density at radius 3 is 2.72 bits per heavy atom. The predicted molar refractivity (Wildman–Crippen MR) is 144 cm³/mol. The van der Waals surface area contributed by atoms with Crippen molar-refractivity contribution in [1.82, 2.24) is 9.66 Å². The predicted octanol–water partition coefficient (Wildman–Crippen LogP) is 6.07. The molecule has 2 aromatic heterocycles. The van der Waals surface area contributed by atoms with Gasteiger partial charge in [0.15, 0.2) is 11.9 Å². The van der Waals surface area contributed by atoms with Crippen molar-refractivity contribution in [3.05, 3.63) is 91.6 Å². The van der Waals surface area contributed by atoms with Crippen LogP contribution in [-0.4, -0.2) is 33.1 Å². The number of benzene rings is 3. The van der Waals surface area contributed by atoms with Gasteiger partial charge in [-0.2, -0.15) is 9.78 Å². The van der Waals surface area contributed by atoms with E-state index in [0.717, 1.165) is 9.86 Å². The van der Waals surface area contributed by atoms with Crippen molar-refractivity contribution in [3.63, 3.8) is 0 Å². The highest BCUT2D eigenvalue weighted by atomic mass is 79.9. The van der Waals surface area contributed by atoms with E-state index in [0.29, 0.717) is 38.0 Å². The van der Waals surface area contributed by atoms with Gasteiger partial charge in [-0.25, -0.2) is 9.78 Å². The zero-order valence-electron chi connectivity index (χ0n) is 18.7. The molecular weight excluding hydrogens is 594 g/mol. The molecule has 0 spiro atoms. The molecule has 2 heterocycles. The fourth-order valence-electron chi connectivity index (χ4n) is 3.57. The number of hydrogen-bond donors (Lipinski definition) is 1. The summed E-state index contributed by atoms with van der Waals surface area (Å²) in [6, 6.07) is 19.5. The lowest BCUT2D eigenvalue weighted by atomic mass is 10.2. The minimum Gasteiger partial charge on any atom is -0.479 e. The number of carboxylic acid groups (broad SMARTS) is 1. The highest BCUT2D eigenvalue weighted by Crippen LogP contribution is 2.30. The summed E-state index contributed by atoms with van der Waals surface area (Å²) >= 11 is 6.86. The third-order valence-electron chi connectivity index (χ3n) is 5.38. The quantitative estimate of drug-likeness (QED) is 0.234. The topological polar surface area (TPSA) is 107 Å². The van der Waals surface area contributed by atoms with E-state index >= 15 is 0 Å². The summed E-state index contributed by atoms with van der Waals surface area (Å²) in [5, 5.41) is 14.8. The van der Waals surface area contributed by atoms with Crippen LogP contribution in [0.1, 0.15) is 12.5 Å². The molecule has 3 aromatic carbocycles. The largest absolute Gasteiger partial charge is 0.479 e. The average Bonchev–Trinajstić information content (AvgIpc) is 3.28. The van der Waals surface area contributed by atoms with Crippen LogP contribution >= 0.6 is 31.9 Å². The van der Waals surface area contributed by atoms with Crippen LogP contribution in [0.4, 0.5) is 0 Å². The van der Waals surface area contributed by atoms with Crippen LogP contribution in [0.3, 0.4) is 0 Å². The summed E-state index contributed by atoms with van der Waals surface area (Å²) in [7, 11) is 0. The van der Waals surface area contributed by atoms with Gasteiger partial charge in [-0.3, -0.25) is 4.79 Å². The van der Waals surface area contributed by atoms with E-state index in [2.05, 4.69) is 41.9 Å². The standard InChI is InChI=1S/C26H17Br2N3O5/c1-14(26(33)34)35-22-8-6-15(10-19(22)28)13-29-31-24(30-20-5-3-2-4-18(20)25(31)32)23-12-16-11-17(27)7-9-21(16)36-23/h2-14H,1H3,(H,33,34)/t14-/m0/s1. The van der Waals surface area contributed by atoms with E-state index < -0.39 is 12.1 Å². The third kappa shape index (κ3) is 4.69. The van der Waals surface area contributed by atoms with E-state index in [4.69, 9.17) is 14.3 Å². The van der Waals surface area contributed by atoms with Crippen molar-refractivity contribution in [2.75, 3.05) is 0 Å². The van der Waals surface area contributed by atoms with E-state index in [1.54, 1.807) is 36.4 Å². The molecule has 0 aliphatic rings. The first kappa shape index (κ1) is 24.0. The summed E-state index contributed by atoms with van der Waals surface area (Å²) in [6.07, 6.45) is 0.505. The number of carboxylic acids is 1. The molecule has 36 heavy (non-hydrogen) atoms. The highest BCUT2D eigenvalue weighted by Gasteiger charge is 2.17. The van der Waals surface area contributed by atoms with Gasteiger partial charge in [0, 0.05) is 9.86 Å². The van der Waals surface area contributed by atoms with Gasteiger partial charge in [0.05, 0.1) is 21.6 Å². The zero-order valence-corrected chi connectivity index (χ0v) is 21.9. The number of aromatic nitrogens is 2. The van der Waals surface area contributed by atoms with Crippen molar-refractivity contribution in [3.8, 4) is 17.3 Å². The summed E-state index contributed by atoms with van der Waals surface area (Å²) in [6.45, 7) is 1.45. The first-order valence-corrected chi connectivity index (χ1v) is 12.3. The van der Waals surface area contributed by atoms with Crippen LogP contribution in [0.25, 0.3) is 33.5 Å². The molecule has 0 saturated heterocycles. The van der Waals surface area contributed by atoms with Crippen LogP contribution in [0.5, 0.6) is 5.75 Å². The van der Waals surface area contributed by atoms with Crippen LogP contribution < -0.4 is 10.3 Å². The van der Waals surface area contributed by atoms with Crippen LogP contribution in [0, 0.1) is 0 Å². The van der Waals surface area contributed by atoms with E-state index in [1.165, 1.54) is 17.8 Å². The Morgan fingerprint density at radius 2 is 1.94 bits per heavy atom. The molecule has 1 atom stereocenters. The van der Waals surface area contributed by atoms with Gasteiger partial charge in [-0.1, -0.05) is 28.1 Å². The molecule has 10 heteroatoms. The highest BCUT2D eigenvalue weighted by molar-refractivity contribution is 9.10. The normalized spacial score (nSPS) is 12.4. The van der Waals surface area contributed by atoms with Crippen molar-refractivity contribution in [2.45, 2.75) is 13.0 Å². The number of furan rings is 1. The lowest BCUT2D eigenvalue weighted by Crippen LogP contribution is -2.23. The lowest BCUT2D eigenvalue weighted by Gasteiger charge is -2.12. The summed E-state index contributed by atoms with van der Waals surface area (Å²) < 4.78 is 14.1. The number of para-hydroxylation sites is 1. The third-order valence-corrected chi connectivity index (χ3v) is 6.50. The molecule has 0 aliphatic carbocycles. The monoisotopic (exact) mass is 609 g/mol. The number of aliphatic carboxylic acids is 1. The van der Waals surface area contributed by atoms with Crippen LogP contribution in [0.15, 0.2) is 90.0 Å². The average molecular weight is 611 g/mol. The van der Waals surface area contributed by atoms with Crippen molar-refractivity contribution >= 4 is 65.9 Å². The molecule has 0 radical (unpaired) electrons. The second-order valence-corrected chi connectivity index (χ2v) is 9.67. The molecule has 0 saturated carbocycles. The molecule has 180 valence electrons. The number of carbonyl (C=O) groups is 1. The first-order valence-electron chi connectivity index (χ1n) is 10.7. The van der Waals surface area contributed by atoms with Crippen molar-refractivity contribution in [2.24, 2.45) is 5.10 Å². The molecule has 1 N–H and O–H groups in total. The van der Waals surface area contributed by atoms with Crippen LogP contribution in [-0.2, 0) is 4.79 Å². The SMILES string of the molecule is C[C@H](Oc1ccc(C=Nn2c(-c3cc4cc(Br)ccc4o3)nc3ccccc3c2=O)cc1Br)C(=O)O. The van der Waals surface area contributed by atoms with Gasteiger partial charge in [0.1, 0.15) is 11.3 Å². The maximum Gasteiger partial charge on any atom is 0.344 e. The molecule has 0 bridgehead atoms. The van der Waals surface area contributed by atoms with Crippen LogP contribution in [0.2, 0.25) is 0 Å². The van der Waals surface area contributed by atoms with Gasteiger partial charge in [-0.05, 0) is 83.0 Å². The Kier molecular flexibility index (Phi) is 6.46. The molecule has 0 aliphatic heterocycles. The van der Waals surface area contributed by atoms with Gasteiger partial charge in [0.25, 0.3) is 5.56 Å². The lowest BCUT2D eigenvalue weighted by molar-refractivity contribution is -0.144. The van der Waals surface area contributed by atoms with Crippen molar-refractivity contribution < 1.29 is 19.1 Å². The number of fused-ring (bicyclic) bond motifs is 2. The molecular formula is C26H17Br2N3O5. The number of nitrogens with zero attached hydrogens (tertiary/aromatic N) is 3. The fraction of sp³-hybridized carbons (Fsp3) is 0.0769. The number of ether oxygens (including phenoxy) is 1. The van der Waals surface area contributed by atoms with Crippen molar-refractivity contribution in [1.29, 1.82) is 0 Å². The second kappa shape index (κ2) is 9.71. The van der Waals surface area contributed by atoms with E-state index in [9.17, 15) is 9.59 Å². The minimum absolute atomic E-state index is 0.261. The smallest absolute Gasteiger partial charge is 0.344 e. The molecule has 0 unspecified atom stereocenters. The summed E-state index contributed by atoms with van der Waals surface area (Å²) in [5.74, 6) is -0.0332. The maximum atomic E-state index is 13.4. The van der Waals surface area contributed by atoms with Gasteiger partial charge in [-0.15, -0.1) is 0 Å². The number of rotatable bonds is 6. The Labute approximate surface area is 221 Å². The van der Waals surface area contributed by atoms with E-state index in [-0.39, 0.29) is 11.4 Å². The molecule has 5 aromatic rings. The first-order chi connectivity index (χ1) is 17.3. The summed E-state index contributed by atoms with van der Waals surface area (Å²) in [4.78, 5) is 29.1. The summed E-state index contributed by atoms with van der Waals surface area (Å²) in [5.41, 5.74) is 1.49. The molecule has 0 amide bonds. The Hall–Kier alpha value is -3.76. The zero-order chi connectivity index (χ0) is 25.4. The van der Waals surface area contributed by atoms with Gasteiger partial charge < -0.3 is 14.3 Å². The van der Waals surface area contributed by atoms with E-state index in [1.807, 2.05) is 30.3 Å². The fourth-order valence-corrected chi connectivity index (χ4v) is 4.44. The minimum atomic E-state index is -1.07. The number of hydrogen-bond acceptors (Lipinski definition) is 6. The molecule has 5 rings (SSSR count). The van der Waals surface area contributed by atoms with Gasteiger partial charge >= 0.3 is 5.97 Å². The maximum absolute atomic E-state index is 13.4. The Morgan fingerprint density at radius 1 is 1.14 bits per heavy atom. The van der Waals surface area contributed by atoms with Gasteiger partial charge in [0.2, 0.25) is 5.82 Å². The number of halogens is 2. The molecule has 0 fully saturated rings.